The zero-order valence-corrected chi connectivity index (χ0v) is 20.4. The Balaban J connectivity index is 1.66. The molecule has 0 fully saturated rings. The van der Waals surface area contributed by atoms with Crippen LogP contribution in [-0.2, 0) is 19.1 Å². The first-order valence-corrected chi connectivity index (χ1v) is 11.6. The van der Waals surface area contributed by atoms with Crippen molar-refractivity contribution in [2.24, 2.45) is 0 Å². The molecule has 0 saturated heterocycles. The highest BCUT2D eigenvalue weighted by Gasteiger charge is 2.36. The number of rotatable bonds is 8. The number of halogens is 2. The summed E-state index contributed by atoms with van der Waals surface area (Å²) in [6.45, 7) is 1.29. The molecule has 10 heteroatoms. The number of nitrogens with one attached hydrogen (secondary N) is 2. The van der Waals surface area contributed by atoms with E-state index in [2.05, 4.69) is 10.6 Å². The predicted octanol–water partition coefficient (Wildman–Crippen LogP) is 5.03. The van der Waals surface area contributed by atoms with Gasteiger partial charge in [0.1, 0.15) is 24.2 Å². The van der Waals surface area contributed by atoms with E-state index in [9.17, 15) is 18.8 Å². The molecule has 190 valence electrons. The van der Waals surface area contributed by atoms with Crippen molar-refractivity contribution in [1.29, 1.82) is 0 Å². The number of carbonyl (C=O) groups is 3. The van der Waals surface area contributed by atoms with Crippen LogP contribution in [0.4, 0.5) is 9.18 Å². The molecule has 2 aromatic carbocycles. The zero-order valence-electron chi connectivity index (χ0n) is 19.6. The summed E-state index contributed by atoms with van der Waals surface area (Å²) in [6.07, 6.45) is 2.97. The van der Waals surface area contributed by atoms with Crippen LogP contribution < -0.4 is 10.6 Å². The summed E-state index contributed by atoms with van der Waals surface area (Å²) in [6, 6.07) is 13.7. The quantitative estimate of drug-likeness (QED) is 0.243. The van der Waals surface area contributed by atoms with Gasteiger partial charge in [0.05, 0.1) is 29.7 Å². The Bertz CT molecular complexity index is 1350. The van der Waals surface area contributed by atoms with Crippen molar-refractivity contribution >= 4 is 41.2 Å². The molecule has 1 unspecified atom stereocenters. The van der Waals surface area contributed by atoms with Gasteiger partial charge in [-0.05, 0) is 60.5 Å². The Morgan fingerprint density at radius 2 is 1.81 bits per heavy atom. The van der Waals surface area contributed by atoms with Crippen LogP contribution in [-0.4, -0.2) is 31.2 Å². The van der Waals surface area contributed by atoms with Crippen molar-refractivity contribution in [2.75, 3.05) is 13.2 Å². The summed E-state index contributed by atoms with van der Waals surface area (Å²) in [5.41, 5.74) is 1.27. The van der Waals surface area contributed by atoms with Gasteiger partial charge in [-0.1, -0.05) is 35.9 Å². The van der Waals surface area contributed by atoms with E-state index in [1.165, 1.54) is 30.5 Å². The molecule has 2 heterocycles. The minimum Gasteiger partial charge on any atom is -0.467 e. The molecule has 0 spiro atoms. The molecule has 37 heavy (non-hydrogen) atoms. The number of urea groups is 1. The topological polar surface area (TPSA) is 107 Å². The maximum atomic E-state index is 13.5. The summed E-state index contributed by atoms with van der Waals surface area (Å²) in [5.74, 6) is -1.64. The molecule has 1 aliphatic heterocycles. The number of hydrogen-bond acceptors (Lipinski definition) is 6. The Morgan fingerprint density at radius 3 is 2.46 bits per heavy atom. The second-order valence-corrected chi connectivity index (χ2v) is 8.29. The summed E-state index contributed by atoms with van der Waals surface area (Å²) in [4.78, 5) is 38.4. The maximum absolute atomic E-state index is 13.5. The lowest BCUT2D eigenvalue weighted by Gasteiger charge is -2.27. The standard InChI is InChI=1S/C27H22ClFN2O6/c1-2-35-26(33)23-21(30-27(34)31-24(23)22-4-3-13-36-22)15-37-25(32)20(17-7-11-19(29)12-8-17)14-16-5-9-18(28)10-6-16/h3-14,24H,2,15H2,1H3,(H2,30,31,34)/b20-14+. The SMILES string of the molecule is CCOC(=O)C1=C(COC(=O)/C(=C/c2ccc(Cl)cc2)c2ccc(F)cc2)NC(=O)NC1c1ccco1. The number of hydrogen-bond donors (Lipinski definition) is 2. The normalized spacial score (nSPS) is 15.6. The Labute approximate surface area is 216 Å². The molecule has 4 rings (SSSR count). The lowest BCUT2D eigenvalue weighted by Crippen LogP contribution is -2.47. The van der Waals surface area contributed by atoms with Crippen LogP contribution in [0.2, 0.25) is 5.02 Å². The van der Waals surface area contributed by atoms with Gasteiger partial charge >= 0.3 is 18.0 Å². The maximum Gasteiger partial charge on any atom is 0.339 e. The Kier molecular flexibility index (Phi) is 8.05. The van der Waals surface area contributed by atoms with Crippen LogP contribution in [0.1, 0.15) is 29.9 Å². The molecule has 1 aromatic heterocycles. The van der Waals surface area contributed by atoms with Gasteiger partial charge in [0, 0.05) is 5.02 Å². The average Bonchev–Trinajstić information content (AvgIpc) is 3.42. The predicted molar refractivity (Wildman–Crippen MR) is 133 cm³/mol. The molecule has 1 aliphatic rings. The third kappa shape index (κ3) is 6.25. The molecule has 3 aromatic rings. The number of benzene rings is 2. The van der Waals surface area contributed by atoms with Gasteiger partial charge in [-0.3, -0.25) is 0 Å². The molecule has 2 N–H and O–H groups in total. The van der Waals surface area contributed by atoms with Gasteiger partial charge in [0.15, 0.2) is 0 Å². The smallest absolute Gasteiger partial charge is 0.339 e. The van der Waals surface area contributed by atoms with E-state index in [0.29, 0.717) is 21.9 Å². The number of ether oxygens (including phenoxy) is 2. The van der Waals surface area contributed by atoms with Crippen LogP contribution in [0.3, 0.4) is 0 Å². The number of esters is 2. The summed E-state index contributed by atoms with van der Waals surface area (Å²) in [7, 11) is 0. The monoisotopic (exact) mass is 524 g/mol. The van der Waals surface area contributed by atoms with Gasteiger partial charge < -0.3 is 24.5 Å². The molecule has 0 bridgehead atoms. The molecule has 0 radical (unpaired) electrons. The van der Waals surface area contributed by atoms with Crippen molar-refractivity contribution in [3.05, 3.63) is 106 Å². The van der Waals surface area contributed by atoms with E-state index in [1.54, 1.807) is 49.4 Å². The van der Waals surface area contributed by atoms with Crippen molar-refractivity contribution in [3.63, 3.8) is 0 Å². The van der Waals surface area contributed by atoms with Crippen LogP contribution in [0.5, 0.6) is 0 Å². The highest BCUT2D eigenvalue weighted by molar-refractivity contribution is 6.30. The molecular formula is C27H22ClFN2O6. The number of carbonyl (C=O) groups excluding carboxylic acids is 3. The highest BCUT2D eigenvalue weighted by atomic mass is 35.5. The van der Waals surface area contributed by atoms with Crippen LogP contribution in [0.15, 0.2) is 82.6 Å². The molecule has 0 saturated carbocycles. The minimum atomic E-state index is -0.947. The minimum absolute atomic E-state index is 0.0363. The zero-order chi connectivity index (χ0) is 26.4. The fourth-order valence-electron chi connectivity index (χ4n) is 3.68. The lowest BCUT2D eigenvalue weighted by atomic mass is 10.0. The van der Waals surface area contributed by atoms with Crippen LogP contribution >= 0.6 is 11.6 Å². The summed E-state index contributed by atoms with van der Waals surface area (Å²) < 4.78 is 29.6. The van der Waals surface area contributed by atoms with Gasteiger partial charge in [0.2, 0.25) is 0 Å². The second kappa shape index (κ2) is 11.6. The summed E-state index contributed by atoms with van der Waals surface area (Å²) >= 11 is 5.96. The van der Waals surface area contributed by atoms with Crippen molar-refractivity contribution in [3.8, 4) is 0 Å². The second-order valence-electron chi connectivity index (χ2n) is 7.85. The van der Waals surface area contributed by atoms with Crippen molar-refractivity contribution in [1.82, 2.24) is 10.6 Å². The van der Waals surface area contributed by atoms with E-state index >= 15 is 0 Å². The summed E-state index contributed by atoms with van der Waals surface area (Å²) in [5, 5.41) is 5.66. The Hall–Kier alpha value is -4.37. The third-order valence-electron chi connectivity index (χ3n) is 5.38. The fraction of sp³-hybridized carbons (Fsp3) is 0.148. The Morgan fingerprint density at radius 1 is 1.08 bits per heavy atom. The van der Waals surface area contributed by atoms with Gasteiger partial charge in [-0.25, -0.2) is 18.8 Å². The highest BCUT2D eigenvalue weighted by Crippen LogP contribution is 2.29. The van der Waals surface area contributed by atoms with E-state index in [0.717, 1.165) is 0 Å². The molecular weight excluding hydrogens is 503 g/mol. The van der Waals surface area contributed by atoms with Gasteiger partial charge in [-0.2, -0.15) is 0 Å². The van der Waals surface area contributed by atoms with E-state index in [1.807, 2.05) is 0 Å². The third-order valence-corrected chi connectivity index (χ3v) is 5.63. The first-order chi connectivity index (χ1) is 17.9. The molecule has 2 amide bonds. The van der Waals surface area contributed by atoms with Gasteiger partial charge in [0.25, 0.3) is 0 Å². The molecule has 1 atom stereocenters. The fourth-order valence-corrected chi connectivity index (χ4v) is 3.81. The first kappa shape index (κ1) is 25.7. The van der Waals surface area contributed by atoms with Crippen molar-refractivity contribution < 1.29 is 32.7 Å². The van der Waals surface area contributed by atoms with E-state index < -0.39 is 36.4 Å². The van der Waals surface area contributed by atoms with Gasteiger partial charge in [-0.15, -0.1) is 0 Å². The van der Waals surface area contributed by atoms with E-state index in [-0.39, 0.29) is 23.5 Å². The van der Waals surface area contributed by atoms with Crippen molar-refractivity contribution in [2.45, 2.75) is 13.0 Å². The number of amides is 2. The average molecular weight is 525 g/mol. The largest absolute Gasteiger partial charge is 0.467 e. The lowest BCUT2D eigenvalue weighted by molar-refractivity contribution is -0.140. The van der Waals surface area contributed by atoms with E-state index in [4.69, 9.17) is 25.5 Å². The number of furan rings is 1. The van der Waals surface area contributed by atoms with Crippen LogP contribution in [0.25, 0.3) is 11.6 Å². The first-order valence-electron chi connectivity index (χ1n) is 11.3. The molecule has 8 nitrogen and oxygen atoms in total. The molecule has 0 aliphatic carbocycles. The van der Waals surface area contributed by atoms with Crippen LogP contribution in [0, 0.1) is 5.82 Å².